The highest BCUT2D eigenvalue weighted by atomic mass is 15.1. The van der Waals surface area contributed by atoms with Crippen LogP contribution in [-0.4, -0.2) is 15.0 Å². The minimum atomic E-state index is 0.0661. The Morgan fingerprint density at radius 2 is 2.15 bits per heavy atom. The number of nitriles is 1. The van der Waals surface area contributed by atoms with Crippen LogP contribution in [0.5, 0.6) is 0 Å². The van der Waals surface area contributed by atoms with Crippen LogP contribution in [0, 0.1) is 24.2 Å². The predicted octanol–water partition coefficient (Wildman–Crippen LogP) is 2.61. The molecule has 2 heterocycles. The maximum absolute atomic E-state index is 8.91. The maximum atomic E-state index is 8.91. The van der Waals surface area contributed by atoms with Gasteiger partial charge in [0.2, 0.25) is 0 Å². The molecular weight excluding hydrogens is 250 g/mol. The molecule has 1 saturated carbocycles. The molecule has 3 rings (SSSR count). The lowest BCUT2D eigenvalue weighted by molar-refractivity contribution is 0.628. The fourth-order valence-electron chi connectivity index (χ4n) is 2.18. The van der Waals surface area contributed by atoms with Crippen LogP contribution >= 0.6 is 0 Å². The van der Waals surface area contributed by atoms with Crippen molar-refractivity contribution in [1.82, 2.24) is 15.0 Å². The third-order valence-electron chi connectivity index (χ3n) is 3.35. The first-order valence-electron chi connectivity index (χ1n) is 6.69. The zero-order chi connectivity index (χ0) is 13.9. The molecule has 100 valence electrons. The van der Waals surface area contributed by atoms with E-state index in [1.54, 1.807) is 12.3 Å². The molecule has 1 aliphatic rings. The smallest absolute Gasteiger partial charge is 0.151 e. The fraction of sp³-hybridized carbons (Fsp3) is 0.333. The van der Waals surface area contributed by atoms with Gasteiger partial charge in [-0.15, -0.1) is 0 Å². The summed E-state index contributed by atoms with van der Waals surface area (Å²) in [6, 6.07) is 9.40. The highest BCUT2D eigenvalue weighted by molar-refractivity contribution is 5.40. The van der Waals surface area contributed by atoms with E-state index in [1.807, 2.05) is 25.1 Å². The second kappa shape index (κ2) is 5.25. The summed E-state index contributed by atoms with van der Waals surface area (Å²) in [6.07, 6.45) is 4.13. The van der Waals surface area contributed by atoms with E-state index >= 15 is 0 Å². The van der Waals surface area contributed by atoms with Crippen molar-refractivity contribution in [3.8, 4) is 6.07 Å². The van der Waals surface area contributed by atoms with Crippen LogP contribution in [0.2, 0.25) is 0 Å². The van der Waals surface area contributed by atoms with Gasteiger partial charge in [-0.1, -0.05) is 6.07 Å². The molecule has 20 heavy (non-hydrogen) atoms. The molecule has 2 aromatic heterocycles. The zero-order valence-corrected chi connectivity index (χ0v) is 11.2. The van der Waals surface area contributed by atoms with Crippen LogP contribution in [0.3, 0.4) is 0 Å². The summed E-state index contributed by atoms with van der Waals surface area (Å²) in [5, 5.41) is 12.3. The Morgan fingerprint density at radius 1 is 1.30 bits per heavy atom. The summed E-state index contributed by atoms with van der Waals surface area (Å²) in [4.78, 5) is 13.1. The van der Waals surface area contributed by atoms with Crippen LogP contribution < -0.4 is 5.32 Å². The third-order valence-corrected chi connectivity index (χ3v) is 3.35. The van der Waals surface area contributed by atoms with Gasteiger partial charge in [0.25, 0.3) is 0 Å². The number of aromatic nitrogens is 3. The number of rotatable bonds is 4. The van der Waals surface area contributed by atoms with E-state index in [4.69, 9.17) is 5.26 Å². The average molecular weight is 265 g/mol. The molecule has 0 amide bonds. The molecule has 0 bridgehead atoms. The van der Waals surface area contributed by atoms with E-state index in [0.717, 1.165) is 11.5 Å². The Hall–Kier alpha value is -2.48. The van der Waals surface area contributed by atoms with Gasteiger partial charge in [-0.05, 0) is 43.9 Å². The summed E-state index contributed by atoms with van der Waals surface area (Å²) in [5.41, 5.74) is 1.37. The van der Waals surface area contributed by atoms with Crippen molar-refractivity contribution in [2.75, 3.05) is 5.32 Å². The first kappa shape index (κ1) is 12.5. The summed E-state index contributed by atoms with van der Waals surface area (Å²) >= 11 is 0. The van der Waals surface area contributed by atoms with E-state index in [9.17, 15) is 0 Å². The molecule has 1 N–H and O–H groups in total. The van der Waals surface area contributed by atoms with Crippen LogP contribution in [-0.2, 0) is 0 Å². The van der Waals surface area contributed by atoms with E-state index in [1.165, 1.54) is 12.8 Å². The number of nitrogens with zero attached hydrogens (tertiary/aromatic N) is 4. The van der Waals surface area contributed by atoms with Gasteiger partial charge in [0.05, 0.1) is 6.04 Å². The van der Waals surface area contributed by atoms with Crippen molar-refractivity contribution in [3.05, 3.63) is 47.7 Å². The molecule has 5 heteroatoms. The topological polar surface area (TPSA) is 74.5 Å². The maximum Gasteiger partial charge on any atom is 0.151 e. The molecule has 1 atom stereocenters. The first-order valence-corrected chi connectivity index (χ1v) is 6.69. The Bertz CT molecular complexity index is 657. The summed E-state index contributed by atoms with van der Waals surface area (Å²) in [6.45, 7) is 1.96. The Kier molecular flexibility index (Phi) is 3.30. The van der Waals surface area contributed by atoms with Crippen LogP contribution in [0.15, 0.2) is 30.5 Å². The SMILES string of the molecule is Cc1ccnc(C(Nc2cccc(C#N)n2)C2CC2)n1. The molecule has 1 aliphatic carbocycles. The highest BCUT2D eigenvalue weighted by Gasteiger charge is 2.34. The molecule has 0 aliphatic heterocycles. The van der Waals surface area contributed by atoms with E-state index < -0.39 is 0 Å². The predicted molar refractivity (Wildman–Crippen MR) is 74.8 cm³/mol. The zero-order valence-electron chi connectivity index (χ0n) is 11.2. The normalized spacial score (nSPS) is 15.4. The number of hydrogen-bond acceptors (Lipinski definition) is 5. The molecule has 0 aromatic carbocycles. The van der Waals surface area contributed by atoms with Crippen LogP contribution in [0.1, 0.15) is 36.1 Å². The van der Waals surface area contributed by atoms with Gasteiger partial charge in [0.1, 0.15) is 17.6 Å². The molecule has 1 fully saturated rings. The lowest BCUT2D eigenvalue weighted by atomic mass is 10.1. The molecule has 5 nitrogen and oxygen atoms in total. The molecule has 1 unspecified atom stereocenters. The highest BCUT2D eigenvalue weighted by Crippen LogP contribution is 2.41. The van der Waals surface area contributed by atoms with E-state index in [-0.39, 0.29) is 6.04 Å². The summed E-state index contributed by atoms with van der Waals surface area (Å²) < 4.78 is 0. The minimum absolute atomic E-state index is 0.0661. The van der Waals surface area contributed by atoms with Crippen molar-refractivity contribution >= 4 is 5.82 Å². The van der Waals surface area contributed by atoms with Gasteiger partial charge < -0.3 is 5.32 Å². The van der Waals surface area contributed by atoms with E-state index in [2.05, 4.69) is 26.3 Å². The summed E-state index contributed by atoms with van der Waals surface area (Å²) in [7, 11) is 0. The van der Waals surface area contributed by atoms with Crippen molar-refractivity contribution in [1.29, 1.82) is 5.26 Å². The van der Waals surface area contributed by atoms with Gasteiger partial charge in [0.15, 0.2) is 5.82 Å². The molecule has 0 radical (unpaired) electrons. The van der Waals surface area contributed by atoms with Crippen molar-refractivity contribution in [2.45, 2.75) is 25.8 Å². The van der Waals surface area contributed by atoms with Crippen LogP contribution in [0.25, 0.3) is 0 Å². The third kappa shape index (κ3) is 2.75. The molecule has 0 saturated heterocycles. The van der Waals surface area contributed by atoms with Crippen molar-refractivity contribution < 1.29 is 0 Å². The van der Waals surface area contributed by atoms with Crippen molar-refractivity contribution in [3.63, 3.8) is 0 Å². The van der Waals surface area contributed by atoms with Gasteiger partial charge in [-0.3, -0.25) is 0 Å². The Morgan fingerprint density at radius 3 is 2.85 bits per heavy atom. The van der Waals surface area contributed by atoms with Gasteiger partial charge in [-0.25, -0.2) is 15.0 Å². The largest absolute Gasteiger partial charge is 0.360 e. The standard InChI is InChI=1S/C15H15N5/c1-10-7-8-17-15(18-10)14(11-5-6-11)20-13-4-2-3-12(9-16)19-13/h2-4,7-8,11,14H,5-6H2,1H3,(H,19,20). The van der Waals surface area contributed by atoms with E-state index in [0.29, 0.717) is 17.4 Å². The quantitative estimate of drug-likeness (QED) is 0.919. The number of nitrogens with one attached hydrogen (secondary N) is 1. The average Bonchev–Trinajstić information content (AvgIpc) is 3.29. The number of aryl methyl sites for hydroxylation is 1. The van der Waals surface area contributed by atoms with Gasteiger partial charge in [-0.2, -0.15) is 5.26 Å². The second-order valence-electron chi connectivity index (χ2n) is 5.04. The molecule has 0 spiro atoms. The Labute approximate surface area is 117 Å². The second-order valence-corrected chi connectivity index (χ2v) is 5.04. The fourth-order valence-corrected chi connectivity index (χ4v) is 2.18. The number of pyridine rings is 1. The first-order chi connectivity index (χ1) is 9.76. The van der Waals surface area contributed by atoms with Gasteiger partial charge in [0, 0.05) is 11.9 Å². The Balaban J connectivity index is 1.86. The van der Waals surface area contributed by atoms with Crippen LogP contribution in [0.4, 0.5) is 5.82 Å². The number of hydrogen-bond donors (Lipinski definition) is 1. The number of anilines is 1. The van der Waals surface area contributed by atoms with Gasteiger partial charge >= 0.3 is 0 Å². The summed E-state index contributed by atoms with van der Waals surface area (Å²) in [5.74, 6) is 2.05. The molecule has 2 aromatic rings. The minimum Gasteiger partial charge on any atom is -0.360 e. The molecular formula is C15H15N5. The van der Waals surface area contributed by atoms with Crippen molar-refractivity contribution in [2.24, 2.45) is 5.92 Å². The lowest BCUT2D eigenvalue weighted by Crippen LogP contribution is -2.17. The lowest BCUT2D eigenvalue weighted by Gasteiger charge is -2.17. The monoisotopic (exact) mass is 265 g/mol.